The maximum Gasteiger partial charge on any atom is 0.341 e. The van der Waals surface area contributed by atoms with Crippen molar-refractivity contribution in [2.45, 2.75) is 36.4 Å². The Balaban J connectivity index is 1.65. The molecule has 0 aliphatic carbocycles. The van der Waals surface area contributed by atoms with E-state index in [1.165, 1.54) is 11.8 Å². The van der Waals surface area contributed by atoms with Crippen LogP contribution in [0.5, 0.6) is 0 Å². The van der Waals surface area contributed by atoms with Gasteiger partial charge in [-0.15, -0.1) is 21.9 Å². The highest BCUT2D eigenvalue weighted by molar-refractivity contribution is 7.99. The van der Waals surface area contributed by atoms with Crippen LogP contribution in [0.3, 0.4) is 0 Å². The minimum Gasteiger partial charge on any atom is -0.453 e. The lowest BCUT2D eigenvalue weighted by Gasteiger charge is -2.17. The highest BCUT2D eigenvalue weighted by Crippen LogP contribution is 2.31. The first kappa shape index (κ1) is 16.9. The summed E-state index contributed by atoms with van der Waals surface area (Å²) in [6.45, 7) is 2.09. The number of carbonyl (C=O) groups is 1. The number of nitrogens with zero attached hydrogens (tertiary/aromatic N) is 2. The van der Waals surface area contributed by atoms with E-state index in [0.717, 1.165) is 5.75 Å². The van der Waals surface area contributed by atoms with Gasteiger partial charge in [0.25, 0.3) is 5.09 Å². The standard InChI is InChI=1S/C14H16N2O7S/c1-2-24-13-8(4-3-5-15-13)14(17)22-9-6-20-12-10(23-16(18)19)7-21-11(9)12/h3-5,9-12H,2,6-7H2,1H3/t9-,10+,11?,12?/m0/s1. The summed E-state index contributed by atoms with van der Waals surface area (Å²) in [5, 5.41) is 10.2. The molecule has 2 fully saturated rings. The SMILES string of the molecule is CCSc1ncccc1C(=O)O[C@H]1COC2C1OC[C@H]2O[N+](=O)[O-]. The number of hydrogen-bond acceptors (Lipinski definition) is 9. The Morgan fingerprint density at radius 3 is 2.83 bits per heavy atom. The van der Waals surface area contributed by atoms with E-state index >= 15 is 0 Å². The van der Waals surface area contributed by atoms with Crippen LogP contribution >= 0.6 is 11.8 Å². The largest absolute Gasteiger partial charge is 0.453 e. The van der Waals surface area contributed by atoms with E-state index in [2.05, 4.69) is 9.82 Å². The minimum absolute atomic E-state index is 0.0220. The fraction of sp³-hybridized carbons (Fsp3) is 0.571. The molecule has 3 heterocycles. The predicted molar refractivity (Wildman–Crippen MR) is 81.2 cm³/mol. The molecule has 2 aliphatic heterocycles. The van der Waals surface area contributed by atoms with Crippen molar-refractivity contribution in [2.75, 3.05) is 19.0 Å². The Kier molecular flexibility index (Phi) is 5.17. The molecule has 9 nitrogen and oxygen atoms in total. The van der Waals surface area contributed by atoms with Crippen molar-refractivity contribution in [2.24, 2.45) is 0 Å². The van der Waals surface area contributed by atoms with Gasteiger partial charge in [-0.05, 0) is 17.9 Å². The van der Waals surface area contributed by atoms with Gasteiger partial charge in [0.15, 0.2) is 12.2 Å². The number of aromatic nitrogens is 1. The minimum atomic E-state index is -0.872. The molecule has 0 spiro atoms. The zero-order valence-electron chi connectivity index (χ0n) is 12.8. The van der Waals surface area contributed by atoms with E-state index in [9.17, 15) is 14.9 Å². The Bertz CT molecular complexity index is 629. The van der Waals surface area contributed by atoms with Crippen molar-refractivity contribution >= 4 is 17.7 Å². The second-order valence-corrected chi connectivity index (χ2v) is 6.45. The Morgan fingerprint density at radius 1 is 1.42 bits per heavy atom. The summed E-state index contributed by atoms with van der Waals surface area (Å²) in [6.07, 6.45) is -1.02. The normalized spacial score (nSPS) is 28.4. The summed E-state index contributed by atoms with van der Waals surface area (Å²) in [4.78, 5) is 31.6. The summed E-state index contributed by atoms with van der Waals surface area (Å²) in [6, 6.07) is 3.31. The monoisotopic (exact) mass is 356 g/mol. The highest BCUT2D eigenvalue weighted by atomic mass is 32.2. The lowest BCUT2D eigenvalue weighted by molar-refractivity contribution is -0.769. The van der Waals surface area contributed by atoms with Crippen LogP contribution in [-0.2, 0) is 19.0 Å². The maximum atomic E-state index is 12.4. The van der Waals surface area contributed by atoms with Gasteiger partial charge in [-0.1, -0.05) is 6.92 Å². The molecule has 2 aliphatic rings. The van der Waals surface area contributed by atoms with Crippen LogP contribution < -0.4 is 0 Å². The molecular weight excluding hydrogens is 340 g/mol. The average molecular weight is 356 g/mol. The van der Waals surface area contributed by atoms with Crippen LogP contribution in [0.15, 0.2) is 23.4 Å². The number of thioether (sulfide) groups is 1. The summed E-state index contributed by atoms with van der Waals surface area (Å²) >= 11 is 1.45. The molecule has 0 bridgehead atoms. The molecule has 0 N–H and O–H groups in total. The van der Waals surface area contributed by atoms with E-state index in [1.807, 2.05) is 6.92 Å². The second kappa shape index (κ2) is 7.32. The number of pyridine rings is 1. The van der Waals surface area contributed by atoms with E-state index in [1.54, 1.807) is 18.3 Å². The Labute approximate surface area is 141 Å². The highest BCUT2D eigenvalue weighted by Gasteiger charge is 2.51. The lowest BCUT2D eigenvalue weighted by atomic mass is 10.1. The average Bonchev–Trinajstić information content (AvgIpc) is 3.12. The zero-order valence-corrected chi connectivity index (χ0v) is 13.6. The first-order valence-electron chi connectivity index (χ1n) is 7.43. The van der Waals surface area contributed by atoms with Gasteiger partial charge in [0.2, 0.25) is 0 Å². The van der Waals surface area contributed by atoms with Gasteiger partial charge in [-0.3, -0.25) is 0 Å². The van der Waals surface area contributed by atoms with Crippen LogP contribution in [0.4, 0.5) is 0 Å². The lowest BCUT2D eigenvalue weighted by Crippen LogP contribution is -2.35. The van der Waals surface area contributed by atoms with Gasteiger partial charge >= 0.3 is 5.97 Å². The molecule has 0 amide bonds. The molecule has 0 aromatic carbocycles. The van der Waals surface area contributed by atoms with Crippen molar-refractivity contribution in [1.29, 1.82) is 0 Å². The smallest absolute Gasteiger partial charge is 0.341 e. The van der Waals surface area contributed by atoms with Crippen LogP contribution in [0, 0.1) is 10.1 Å². The van der Waals surface area contributed by atoms with Crippen molar-refractivity contribution in [1.82, 2.24) is 4.98 Å². The molecule has 4 atom stereocenters. The van der Waals surface area contributed by atoms with Gasteiger partial charge in [0.1, 0.15) is 17.2 Å². The van der Waals surface area contributed by atoms with Gasteiger partial charge < -0.3 is 19.0 Å². The van der Waals surface area contributed by atoms with E-state index in [0.29, 0.717) is 10.6 Å². The first-order chi connectivity index (χ1) is 11.6. The van der Waals surface area contributed by atoms with Crippen molar-refractivity contribution < 1.29 is 28.9 Å². The van der Waals surface area contributed by atoms with E-state index in [-0.39, 0.29) is 13.2 Å². The van der Waals surface area contributed by atoms with Gasteiger partial charge in [-0.2, -0.15) is 0 Å². The van der Waals surface area contributed by atoms with Gasteiger partial charge in [-0.25, -0.2) is 9.78 Å². The number of hydrogen-bond donors (Lipinski definition) is 0. The van der Waals surface area contributed by atoms with Gasteiger partial charge in [0.05, 0.1) is 18.8 Å². The molecule has 0 radical (unpaired) electrons. The number of rotatable bonds is 6. The van der Waals surface area contributed by atoms with Crippen LogP contribution in [0.1, 0.15) is 17.3 Å². The maximum absolute atomic E-state index is 12.4. The third-order valence-corrected chi connectivity index (χ3v) is 4.60. The molecule has 1 aromatic rings. The third kappa shape index (κ3) is 3.45. The fourth-order valence-corrected chi connectivity index (χ4v) is 3.45. The molecule has 2 unspecified atom stereocenters. The topological polar surface area (TPSA) is 110 Å². The Hall–Kier alpha value is -1.91. The van der Waals surface area contributed by atoms with E-state index < -0.39 is 35.5 Å². The van der Waals surface area contributed by atoms with Crippen molar-refractivity contribution in [3.05, 3.63) is 34.0 Å². The van der Waals surface area contributed by atoms with E-state index in [4.69, 9.17) is 14.2 Å². The molecule has 2 saturated heterocycles. The molecule has 1 aromatic heterocycles. The van der Waals surface area contributed by atoms with Crippen molar-refractivity contribution in [3.8, 4) is 0 Å². The Morgan fingerprint density at radius 2 is 2.12 bits per heavy atom. The third-order valence-electron chi connectivity index (χ3n) is 3.71. The van der Waals surface area contributed by atoms with Gasteiger partial charge in [0, 0.05) is 6.20 Å². The summed E-state index contributed by atoms with van der Waals surface area (Å²) in [7, 11) is 0. The van der Waals surface area contributed by atoms with Crippen molar-refractivity contribution in [3.63, 3.8) is 0 Å². The number of ether oxygens (including phenoxy) is 3. The molecule has 130 valence electrons. The molecule has 10 heteroatoms. The molecule has 0 saturated carbocycles. The second-order valence-electron chi connectivity index (χ2n) is 5.20. The first-order valence-corrected chi connectivity index (χ1v) is 8.42. The molecule has 24 heavy (non-hydrogen) atoms. The summed E-state index contributed by atoms with van der Waals surface area (Å²) in [5.41, 5.74) is 0.379. The predicted octanol–water partition coefficient (Wildman–Crippen LogP) is 1.09. The zero-order chi connectivity index (χ0) is 17.1. The summed E-state index contributed by atoms with van der Waals surface area (Å²) < 4.78 is 16.4. The van der Waals surface area contributed by atoms with Crippen LogP contribution in [0.2, 0.25) is 0 Å². The number of fused-ring (bicyclic) bond motifs is 1. The summed E-state index contributed by atoms with van der Waals surface area (Å²) in [5.74, 6) is 0.257. The number of esters is 1. The van der Waals surface area contributed by atoms with Crippen LogP contribution in [-0.4, -0.2) is 59.4 Å². The molecular formula is C14H16N2O7S. The molecule has 3 rings (SSSR count). The fourth-order valence-electron chi connectivity index (χ4n) is 2.73. The van der Waals surface area contributed by atoms with Crippen LogP contribution in [0.25, 0.3) is 0 Å². The number of carbonyl (C=O) groups excluding carboxylic acids is 1. The quantitative estimate of drug-likeness (QED) is 0.320.